The monoisotopic (exact) mass is 357 g/mol. The molecule has 0 unspecified atom stereocenters. The van der Waals surface area contributed by atoms with Crippen LogP contribution in [0.4, 0.5) is 0 Å². The van der Waals surface area contributed by atoms with Crippen molar-refractivity contribution in [3.63, 3.8) is 0 Å². The Bertz CT molecular complexity index is 885. The Kier molecular flexibility index (Phi) is 5.21. The lowest BCUT2D eigenvalue weighted by molar-refractivity contribution is 0.0781. The minimum absolute atomic E-state index is 0.0952. The lowest BCUT2D eigenvalue weighted by atomic mass is 10.2. The zero-order valence-electron chi connectivity index (χ0n) is 15.4. The number of nitrogens with zero attached hydrogens (tertiary/aromatic N) is 9. The van der Waals surface area contributed by atoms with Gasteiger partial charge in [-0.2, -0.15) is 5.10 Å². The third-order valence-electron chi connectivity index (χ3n) is 4.09. The summed E-state index contributed by atoms with van der Waals surface area (Å²) in [6.07, 6.45) is 4.98. The highest BCUT2D eigenvalue weighted by atomic mass is 16.2. The minimum atomic E-state index is -0.0952. The fourth-order valence-electron chi connectivity index (χ4n) is 2.48. The van der Waals surface area contributed by atoms with Crippen molar-refractivity contribution in [2.24, 2.45) is 0 Å². The molecule has 0 atom stereocenters. The molecule has 3 aromatic heterocycles. The van der Waals surface area contributed by atoms with Crippen LogP contribution in [0.2, 0.25) is 0 Å². The van der Waals surface area contributed by atoms with Gasteiger partial charge in [0.25, 0.3) is 5.91 Å². The summed E-state index contributed by atoms with van der Waals surface area (Å²) in [5, 5.41) is 20.1. The van der Waals surface area contributed by atoms with E-state index in [9.17, 15) is 4.79 Å². The molecule has 3 heterocycles. The standard InChI is InChI=1S/C16H23N9O/c1-12(2)24-10-14(19-21-24)9-22(3)5-6-23(4)16(26)13-7-15-20-17-11-25(15)18-8-13/h7-8,10-12H,5-6,9H2,1-4H3. The van der Waals surface area contributed by atoms with E-state index >= 15 is 0 Å². The van der Waals surface area contributed by atoms with Crippen molar-refractivity contribution in [3.05, 3.63) is 36.0 Å². The zero-order chi connectivity index (χ0) is 18.7. The third kappa shape index (κ3) is 4.02. The van der Waals surface area contributed by atoms with Gasteiger partial charge < -0.3 is 4.90 Å². The molecule has 0 aliphatic carbocycles. The molecule has 0 N–H and O–H groups in total. The van der Waals surface area contributed by atoms with E-state index in [-0.39, 0.29) is 5.91 Å². The first-order chi connectivity index (χ1) is 12.4. The first-order valence-corrected chi connectivity index (χ1v) is 8.45. The highest BCUT2D eigenvalue weighted by Crippen LogP contribution is 2.07. The van der Waals surface area contributed by atoms with E-state index in [0.29, 0.717) is 30.3 Å². The van der Waals surface area contributed by atoms with Gasteiger partial charge in [-0.25, -0.2) is 9.20 Å². The molecular weight excluding hydrogens is 334 g/mol. The number of hydrogen-bond donors (Lipinski definition) is 0. The summed E-state index contributed by atoms with van der Waals surface area (Å²) in [7, 11) is 3.77. The Labute approximate surface area is 151 Å². The topological polar surface area (TPSA) is 97.3 Å². The first kappa shape index (κ1) is 17.9. The second kappa shape index (κ2) is 7.56. The van der Waals surface area contributed by atoms with Gasteiger partial charge in [0.15, 0.2) is 5.65 Å². The second-order valence-corrected chi connectivity index (χ2v) is 6.63. The van der Waals surface area contributed by atoms with Crippen LogP contribution in [-0.2, 0) is 6.54 Å². The summed E-state index contributed by atoms with van der Waals surface area (Å²) in [5.41, 5.74) is 1.96. The van der Waals surface area contributed by atoms with E-state index in [4.69, 9.17) is 0 Å². The summed E-state index contributed by atoms with van der Waals surface area (Å²) in [4.78, 5) is 16.3. The zero-order valence-corrected chi connectivity index (χ0v) is 15.4. The molecule has 26 heavy (non-hydrogen) atoms. The van der Waals surface area contributed by atoms with E-state index in [0.717, 1.165) is 12.2 Å². The molecule has 0 fully saturated rings. The Balaban J connectivity index is 1.53. The van der Waals surface area contributed by atoms with Gasteiger partial charge in [0, 0.05) is 32.7 Å². The largest absolute Gasteiger partial charge is 0.340 e. The number of fused-ring (bicyclic) bond motifs is 1. The molecule has 0 aliphatic heterocycles. The van der Waals surface area contributed by atoms with Crippen molar-refractivity contribution in [3.8, 4) is 0 Å². The van der Waals surface area contributed by atoms with Crippen molar-refractivity contribution in [2.75, 3.05) is 27.2 Å². The van der Waals surface area contributed by atoms with Crippen molar-refractivity contribution < 1.29 is 4.79 Å². The van der Waals surface area contributed by atoms with Gasteiger partial charge in [0.05, 0.1) is 23.7 Å². The number of hydrogen-bond acceptors (Lipinski definition) is 7. The van der Waals surface area contributed by atoms with Gasteiger partial charge in [-0.3, -0.25) is 9.69 Å². The van der Waals surface area contributed by atoms with Crippen molar-refractivity contribution in [2.45, 2.75) is 26.4 Å². The molecular formula is C16H23N9O. The van der Waals surface area contributed by atoms with Gasteiger partial charge >= 0.3 is 0 Å². The average molecular weight is 357 g/mol. The van der Waals surface area contributed by atoms with Gasteiger partial charge in [-0.15, -0.1) is 15.3 Å². The average Bonchev–Trinajstić information content (AvgIpc) is 3.27. The Morgan fingerprint density at radius 1 is 1.23 bits per heavy atom. The predicted molar refractivity (Wildman–Crippen MR) is 94.5 cm³/mol. The third-order valence-corrected chi connectivity index (χ3v) is 4.09. The van der Waals surface area contributed by atoms with E-state index in [2.05, 4.69) is 44.4 Å². The number of rotatable bonds is 7. The van der Waals surface area contributed by atoms with Gasteiger partial charge in [-0.05, 0) is 27.0 Å². The quantitative estimate of drug-likeness (QED) is 0.607. The van der Waals surface area contributed by atoms with E-state index in [1.165, 1.54) is 17.0 Å². The second-order valence-electron chi connectivity index (χ2n) is 6.63. The molecule has 10 heteroatoms. The first-order valence-electron chi connectivity index (χ1n) is 8.45. The number of likely N-dealkylation sites (N-methyl/N-ethyl adjacent to an activating group) is 2. The fourth-order valence-corrected chi connectivity index (χ4v) is 2.48. The molecule has 3 aromatic rings. The number of amides is 1. The van der Waals surface area contributed by atoms with Crippen molar-refractivity contribution in [1.29, 1.82) is 0 Å². The normalized spacial score (nSPS) is 11.6. The van der Waals surface area contributed by atoms with E-state index < -0.39 is 0 Å². The van der Waals surface area contributed by atoms with Gasteiger partial charge in [0.1, 0.15) is 6.33 Å². The number of carbonyl (C=O) groups is 1. The summed E-state index contributed by atoms with van der Waals surface area (Å²) in [6, 6.07) is 1.98. The predicted octanol–water partition coefficient (Wildman–Crippen LogP) is 0.501. The SMILES string of the molecule is CC(C)n1cc(CN(C)CCN(C)C(=O)c2cnn3cnnc3c2)nn1. The summed E-state index contributed by atoms with van der Waals surface area (Å²) in [6.45, 7) is 6.12. The highest BCUT2D eigenvalue weighted by Gasteiger charge is 2.14. The molecule has 0 aliphatic rings. The van der Waals surface area contributed by atoms with E-state index in [1.807, 2.05) is 17.9 Å². The summed E-state index contributed by atoms with van der Waals surface area (Å²) in [5.74, 6) is -0.0952. The van der Waals surface area contributed by atoms with Crippen molar-refractivity contribution >= 4 is 11.6 Å². The molecule has 0 aromatic carbocycles. The Morgan fingerprint density at radius 2 is 2.04 bits per heavy atom. The van der Waals surface area contributed by atoms with Crippen LogP contribution in [0.3, 0.4) is 0 Å². The van der Waals surface area contributed by atoms with Gasteiger partial charge in [0.2, 0.25) is 0 Å². The molecule has 138 valence electrons. The smallest absolute Gasteiger partial charge is 0.255 e. The fraction of sp³-hybridized carbons (Fsp3) is 0.500. The van der Waals surface area contributed by atoms with Crippen LogP contribution in [0.15, 0.2) is 24.8 Å². The molecule has 10 nitrogen and oxygen atoms in total. The summed E-state index contributed by atoms with van der Waals surface area (Å²) >= 11 is 0. The minimum Gasteiger partial charge on any atom is -0.340 e. The molecule has 0 bridgehead atoms. The van der Waals surface area contributed by atoms with Crippen LogP contribution < -0.4 is 0 Å². The molecule has 3 rings (SSSR count). The highest BCUT2D eigenvalue weighted by molar-refractivity contribution is 5.94. The van der Waals surface area contributed by atoms with Crippen molar-refractivity contribution in [1.82, 2.24) is 44.6 Å². The van der Waals surface area contributed by atoms with Crippen LogP contribution in [0, 0.1) is 0 Å². The Hall–Kier alpha value is -2.88. The van der Waals surface area contributed by atoms with Gasteiger partial charge in [-0.1, -0.05) is 5.21 Å². The molecule has 0 saturated heterocycles. The van der Waals surface area contributed by atoms with Crippen LogP contribution in [0.25, 0.3) is 5.65 Å². The molecule has 0 saturated carbocycles. The maximum Gasteiger partial charge on any atom is 0.255 e. The van der Waals surface area contributed by atoms with Crippen LogP contribution in [-0.4, -0.2) is 77.7 Å². The Morgan fingerprint density at radius 3 is 2.77 bits per heavy atom. The lowest BCUT2D eigenvalue weighted by Gasteiger charge is -2.21. The summed E-state index contributed by atoms with van der Waals surface area (Å²) < 4.78 is 3.36. The molecule has 0 radical (unpaired) electrons. The number of aromatic nitrogens is 7. The van der Waals surface area contributed by atoms with E-state index in [1.54, 1.807) is 18.0 Å². The van der Waals surface area contributed by atoms with Crippen LogP contribution >= 0.6 is 0 Å². The molecule has 0 spiro atoms. The number of carbonyl (C=O) groups excluding carboxylic acids is 1. The van der Waals surface area contributed by atoms with Crippen LogP contribution in [0.5, 0.6) is 0 Å². The lowest BCUT2D eigenvalue weighted by Crippen LogP contribution is -2.34. The molecule has 1 amide bonds. The van der Waals surface area contributed by atoms with Crippen LogP contribution in [0.1, 0.15) is 35.9 Å². The maximum absolute atomic E-state index is 12.5. The maximum atomic E-state index is 12.5.